The molecule has 4 aliphatic rings. The Labute approximate surface area is 143 Å². The zero-order valence-corrected chi connectivity index (χ0v) is 16.2. The summed E-state index contributed by atoms with van der Waals surface area (Å²) in [6, 6.07) is 0.789. The molecule has 1 nitrogen and oxygen atoms in total. The maximum absolute atomic E-state index is 4.66. The van der Waals surface area contributed by atoms with Crippen molar-refractivity contribution in [1.82, 2.24) is 5.32 Å². The van der Waals surface area contributed by atoms with E-state index in [-0.39, 0.29) is 0 Å². The van der Waals surface area contributed by atoms with Crippen LogP contribution in [-0.4, -0.2) is 13.1 Å². The number of hydrogen-bond donors (Lipinski definition) is 1. The summed E-state index contributed by atoms with van der Waals surface area (Å²) in [5.74, 6) is 6.52. The van der Waals surface area contributed by atoms with Gasteiger partial charge >= 0.3 is 0 Å². The smallest absolute Gasteiger partial charge is 0.0102 e. The number of allylic oxidation sites excluding steroid dienone is 1. The summed E-state index contributed by atoms with van der Waals surface area (Å²) in [5, 5.41) is 3.51. The van der Waals surface area contributed by atoms with E-state index >= 15 is 0 Å². The van der Waals surface area contributed by atoms with Gasteiger partial charge in [0, 0.05) is 6.04 Å². The Bertz CT molecular complexity index is 504. The Kier molecular flexibility index (Phi) is 3.43. The molecule has 0 aromatic heterocycles. The van der Waals surface area contributed by atoms with Crippen molar-refractivity contribution in [2.45, 2.75) is 66.3 Å². The summed E-state index contributed by atoms with van der Waals surface area (Å²) < 4.78 is 0. The average Bonchev–Trinajstić information content (AvgIpc) is 3.36. The molecule has 4 saturated carbocycles. The Morgan fingerprint density at radius 3 is 2.30 bits per heavy atom. The van der Waals surface area contributed by atoms with E-state index in [4.69, 9.17) is 0 Å². The lowest BCUT2D eigenvalue weighted by Crippen LogP contribution is -2.34. The second-order valence-corrected chi connectivity index (χ2v) is 10.1. The molecule has 4 fully saturated rings. The van der Waals surface area contributed by atoms with Gasteiger partial charge in [-0.25, -0.2) is 0 Å². The van der Waals surface area contributed by atoms with Gasteiger partial charge in [-0.05, 0) is 78.6 Å². The van der Waals surface area contributed by atoms with Crippen molar-refractivity contribution >= 4 is 0 Å². The Morgan fingerprint density at radius 2 is 1.87 bits per heavy atom. The fourth-order valence-corrected chi connectivity index (χ4v) is 6.64. The maximum atomic E-state index is 4.66. The van der Waals surface area contributed by atoms with Crippen molar-refractivity contribution in [3.05, 3.63) is 12.2 Å². The zero-order chi connectivity index (χ0) is 16.7. The molecule has 5 unspecified atom stereocenters. The van der Waals surface area contributed by atoms with Crippen LogP contribution in [0.4, 0.5) is 0 Å². The van der Waals surface area contributed by atoms with Crippen LogP contribution in [0.5, 0.6) is 0 Å². The molecular weight excluding hydrogens is 278 g/mol. The predicted molar refractivity (Wildman–Crippen MR) is 98.1 cm³/mol. The summed E-state index contributed by atoms with van der Waals surface area (Å²) in [6.45, 7) is 17.1. The van der Waals surface area contributed by atoms with Crippen molar-refractivity contribution in [2.24, 2.45) is 52.3 Å². The van der Waals surface area contributed by atoms with Crippen LogP contribution >= 0.6 is 0 Å². The predicted octanol–water partition coefficient (Wildman–Crippen LogP) is 5.13. The van der Waals surface area contributed by atoms with Crippen molar-refractivity contribution in [3.8, 4) is 0 Å². The van der Waals surface area contributed by atoms with Crippen LogP contribution in [-0.2, 0) is 0 Å². The van der Waals surface area contributed by atoms with Gasteiger partial charge in [0.15, 0.2) is 0 Å². The molecule has 1 N–H and O–H groups in total. The van der Waals surface area contributed by atoms with Gasteiger partial charge < -0.3 is 5.32 Å². The second kappa shape index (κ2) is 4.87. The maximum Gasteiger partial charge on any atom is 0.0102 e. The van der Waals surface area contributed by atoms with E-state index in [1.165, 1.54) is 25.7 Å². The lowest BCUT2D eigenvalue weighted by Gasteiger charge is -2.40. The van der Waals surface area contributed by atoms with Crippen molar-refractivity contribution in [2.75, 3.05) is 7.05 Å². The Balaban J connectivity index is 1.41. The third kappa shape index (κ3) is 2.14. The van der Waals surface area contributed by atoms with E-state index in [0.717, 1.165) is 35.6 Å². The van der Waals surface area contributed by atoms with Crippen LogP contribution in [0.1, 0.15) is 60.3 Å². The van der Waals surface area contributed by atoms with Crippen LogP contribution in [0.15, 0.2) is 12.2 Å². The van der Waals surface area contributed by atoms with Crippen molar-refractivity contribution < 1.29 is 0 Å². The van der Waals surface area contributed by atoms with Crippen LogP contribution < -0.4 is 5.32 Å². The first-order valence-corrected chi connectivity index (χ1v) is 10.2. The average molecular weight is 316 g/mol. The van der Waals surface area contributed by atoms with E-state index in [0.29, 0.717) is 22.7 Å². The zero-order valence-electron chi connectivity index (χ0n) is 16.2. The van der Waals surface area contributed by atoms with Gasteiger partial charge in [0.2, 0.25) is 0 Å². The number of rotatable bonds is 8. The summed E-state index contributed by atoms with van der Waals surface area (Å²) in [4.78, 5) is 0. The number of nitrogens with one attached hydrogen (secondary N) is 1. The molecule has 0 amide bonds. The highest BCUT2D eigenvalue weighted by Gasteiger charge is 2.76. The molecule has 0 saturated heterocycles. The van der Waals surface area contributed by atoms with Crippen molar-refractivity contribution in [1.29, 1.82) is 0 Å². The lowest BCUT2D eigenvalue weighted by atomic mass is 9.64. The summed E-state index contributed by atoms with van der Waals surface area (Å²) in [7, 11) is 2.13. The Morgan fingerprint density at radius 1 is 1.26 bits per heavy atom. The van der Waals surface area contributed by atoms with Crippen LogP contribution in [0.3, 0.4) is 0 Å². The molecule has 0 heterocycles. The number of fused-ring (bicyclic) bond motifs is 1. The van der Waals surface area contributed by atoms with E-state index in [9.17, 15) is 0 Å². The third-order valence-electron chi connectivity index (χ3n) is 9.13. The van der Waals surface area contributed by atoms with Crippen LogP contribution in [0.2, 0.25) is 0 Å². The highest BCUT2D eigenvalue weighted by molar-refractivity contribution is 5.27. The Hall–Kier alpha value is -0.300. The third-order valence-corrected chi connectivity index (χ3v) is 9.13. The second-order valence-electron chi connectivity index (χ2n) is 10.1. The SMILES string of the molecule is C=C(C(C)C(C)(C)C1C2C(CC)C21)[C@H](C)C1(C2CC2NC)CC1. The molecule has 0 radical (unpaired) electrons. The van der Waals surface area contributed by atoms with Gasteiger partial charge in [-0.3, -0.25) is 0 Å². The molecule has 0 bridgehead atoms. The normalized spacial score (nSPS) is 45.0. The van der Waals surface area contributed by atoms with Crippen LogP contribution in [0.25, 0.3) is 0 Å². The monoisotopic (exact) mass is 315 g/mol. The molecule has 0 aromatic rings. The van der Waals surface area contributed by atoms with Gasteiger partial charge in [-0.2, -0.15) is 0 Å². The standard InChI is InChI=1S/C22H37N/c1-8-15-18-19(15)20(18)21(5,6)13(3)12(2)14(4)22(9-10-22)16-11-17(16)23-7/h13-20,23H,2,8-11H2,1,3-7H3/t13?,14-,15?,16?,17?,18?,19?,20?/m0/s1. The quantitative estimate of drug-likeness (QED) is 0.612. The van der Waals surface area contributed by atoms with E-state index in [1.54, 1.807) is 5.57 Å². The highest BCUT2D eigenvalue weighted by atomic mass is 15.0. The highest BCUT2D eigenvalue weighted by Crippen LogP contribution is 2.80. The fraction of sp³-hybridized carbons (Fsp3) is 0.909. The first kappa shape index (κ1) is 16.2. The lowest BCUT2D eigenvalue weighted by molar-refractivity contribution is 0.144. The summed E-state index contributed by atoms with van der Waals surface area (Å²) >= 11 is 0. The molecule has 130 valence electrons. The molecule has 0 spiro atoms. The first-order chi connectivity index (χ1) is 10.8. The van der Waals surface area contributed by atoms with Crippen molar-refractivity contribution in [3.63, 3.8) is 0 Å². The van der Waals surface area contributed by atoms with Crippen LogP contribution in [0, 0.1) is 52.3 Å². The van der Waals surface area contributed by atoms with Gasteiger partial charge in [0.25, 0.3) is 0 Å². The minimum Gasteiger partial charge on any atom is -0.317 e. The minimum atomic E-state index is 0.453. The molecule has 23 heavy (non-hydrogen) atoms. The van der Waals surface area contributed by atoms with Gasteiger partial charge in [0.05, 0.1) is 0 Å². The molecule has 1 heteroatoms. The molecule has 0 aromatic carbocycles. The van der Waals surface area contributed by atoms with Gasteiger partial charge in [-0.15, -0.1) is 0 Å². The van der Waals surface area contributed by atoms with E-state index < -0.39 is 0 Å². The van der Waals surface area contributed by atoms with E-state index in [1.807, 2.05) is 0 Å². The fourth-order valence-electron chi connectivity index (χ4n) is 6.64. The topological polar surface area (TPSA) is 12.0 Å². The summed E-state index contributed by atoms with van der Waals surface area (Å²) in [6.07, 6.45) is 5.69. The largest absolute Gasteiger partial charge is 0.317 e. The summed E-state index contributed by atoms with van der Waals surface area (Å²) in [5.41, 5.74) is 2.62. The molecule has 0 aliphatic heterocycles. The minimum absolute atomic E-state index is 0.453. The van der Waals surface area contributed by atoms with Gasteiger partial charge in [0.1, 0.15) is 0 Å². The first-order valence-electron chi connectivity index (χ1n) is 10.2. The molecule has 6 atom stereocenters. The number of hydrogen-bond acceptors (Lipinski definition) is 1. The molecule has 4 rings (SSSR count). The van der Waals surface area contributed by atoms with E-state index in [2.05, 4.69) is 53.6 Å². The molecule has 4 aliphatic carbocycles. The van der Waals surface area contributed by atoms with Gasteiger partial charge in [-0.1, -0.05) is 53.2 Å². The molecular formula is C22H37N.